The van der Waals surface area contributed by atoms with Gasteiger partial charge in [-0.1, -0.05) is 0 Å². The van der Waals surface area contributed by atoms with Crippen LogP contribution in [-0.4, -0.2) is 38.2 Å². The minimum atomic E-state index is -0.588. The van der Waals surface area contributed by atoms with Crippen molar-refractivity contribution in [2.75, 3.05) is 30.5 Å². The molecule has 0 spiro atoms. The van der Waals surface area contributed by atoms with Gasteiger partial charge < -0.3 is 19.7 Å². The number of hydrogen-bond donors (Lipinski definition) is 1. The lowest BCUT2D eigenvalue weighted by Crippen LogP contribution is -2.39. The maximum absolute atomic E-state index is 12.6. The van der Waals surface area contributed by atoms with Crippen LogP contribution in [0.5, 0.6) is 5.75 Å². The number of rotatable bonds is 3. The molecule has 0 radical (unpaired) electrons. The fraction of sp³-hybridized carbons (Fsp3) is 0.579. The van der Waals surface area contributed by atoms with Crippen molar-refractivity contribution in [1.82, 2.24) is 0 Å². The number of benzene rings is 1. The van der Waals surface area contributed by atoms with E-state index in [1.54, 1.807) is 30.1 Å². The average Bonchev–Trinajstić information content (AvgIpc) is 2.67. The minimum Gasteiger partial charge on any atom is -0.490 e. The highest BCUT2D eigenvalue weighted by atomic mass is 16.5. The zero-order valence-electron chi connectivity index (χ0n) is 15.1. The van der Waals surface area contributed by atoms with Crippen LogP contribution >= 0.6 is 0 Å². The molecule has 2 amide bonds. The second-order valence-electron chi connectivity index (χ2n) is 7.46. The second kappa shape index (κ2) is 7.04. The van der Waals surface area contributed by atoms with Crippen LogP contribution in [-0.2, 0) is 14.3 Å². The van der Waals surface area contributed by atoms with E-state index in [1.807, 2.05) is 13.8 Å². The molecule has 2 aliphatic heterocycles. The summed E-state index contributed by atoms with van der Waals surface area (Å²) in [5.41, 5.74) is 0.736. The van der Waals surface area contributed by atoms with E-state index in [9.17, 15) is 9.59 Å². The molecule has 0 aliphatic carbocycles. The molecule has 0 saturated carbocycles. The number of fused-ring (bicyclic) bond motifs is 1. The average molecular weight is 346 g/mol. The number of hydrogen-bond acceptors (Lipinski definition) is 4. The molecule has 0 bridgehead atoms. The molecular weight excluding hydrogens is 320 g/mol. The van der Waals surface area contributed by atoms with E-state index in [4.69, 9.17) is 9.47 Å². The summed E-state index contributed by atoms with van der Waals surface area (Å²) < 4.78 is 11.4. The molecule has 1 N–H and O–H groups in total. The zero-order chi connectivity index (χ0) is 18.0. The van der Waals surface area contributed by atoms with Gasteiger partial charge in [-0.25, -0.2) is 0 Å². The third-order valence-corrected chi connectivity index (χ3v) is 4.76. The number of amides is 2. The molecule has 1 unspecified atom stereocenters. The van der Waals surface area contributed by atoms with Crippen molar-refractivity contribution < 1.29 is 19.1 Å². The predicted octanol–water partition coefficient (Wildman–Crippen LogP) is 2.97. The molecule has 6 nitrogen and oxygen atoms in total. The van der Waals surface area contributed by atoms with Crippen LogP contribution in [0.15, 0.2) is 18.2 Å². The number of ether oxygens (including phenoxy) is 2. The number of anilines is 2. The van der Waals surface area contributed by atoms with Crippen molar-refractivity contribution in [3.05, 3.63) is 18.2 Å². The van der Waals surface area contributed by atoms with Crippen LogP contribution in [0, 0.1) is 5.41 Å². The summed E-state index contributed by atoms with van der Waals surface area (Å²) in [6, 6.07) is 5.39. The van der Waals surface area contributed by atoms with Gasteiger partial charge in [0.25, 0.3) is 0 Å². The number of carbonyl (C=O) groups excluding carboxylic acids is 2. The van der Waals surface area contributed by atoms with Crippen molar-refractivity contribution in [2.45, 2.75) is 45.6 Å². The van der Waals surface area contributed by atoms with E-state index in [2.05, 4.69) is 5.32 Å². The van der Waals surface area contributed by atoms with Crippen LogP contribution < -0.4 is 15.0 Å². The normalized spacial score (nSPS) is 22.6. The molecule has 2 heterocycles. The minimum absolute atomic E-state index is 0.00274. The maximum Gasteiger partial charge on any atom is 0.235 e. The Balaban J connectivity index is 1.71. The van der Waals surface area contributed by atoms with Crippen molar-refractivity contribution in [1.29, 1.82) is 0 Å². The third kappa shape index (κ3) is 3.95. The van der Waals surface area contributed by atoms with Crippen molar-refractivity contribution in [3.8, 4) is 5.75 Å². The molecule has 136 valence electrons. The van der Waals surface area contributed by atoms with Gasteiger partial charge >= 0.3 is 0 Å². The molecule has 1 atom stereocenters. The first-order chi connectivity index (χ1) is 11.9. The van der Waals surface area contributed by atoms with Crippen LogP contribution in [0.2, 0.25) is 0 Å². The number of carbonyl (C=O) groups is 2. The van der Waals surface area contributed by atoms with Gasteiger partial charge in [-0.05, 0) is 51.3 Å². The lowest BCUT2D eigenvalue weighted by atomic mass is 9.93. The molecule has 6 heteroatoms. The summed E-state index contributed by atoms with van der Waals surface area (Å²) in [5, 5.41) is 2.90. The van der Waals surface area contributed by atoms with E-state index >= 15 is 0 Å². The summed E-state index contributed by atoms with van der Waals surface area (Å²) >= 11 is 0. The fourth-order valence-corrected chi connectivity index (χ4v) is 3.25. The van der Waals surface area contributed by atoms with Gasteiger partial charge in [-0.3, -0.25) is 9.59 Å². The molecular formula is C19H26N2O4. The maximum atomic E-state index is 12.6. The highest BCUT2D eigenvalue weighted by molar-refractivity contribution is 6.00. The van der Waals surface area contributed by atoms with Crippen LogP contribution in [0.25, 0.3) is 0 Å². The number of nitrogens with one attached hydrogen (secondary N) is 1. The Labute approximate surface area is 148 Å². The first kappa shape index (κ1) is 17.7. The number of nitrogens with zero attached hydrogens (tertiary/aromatic N) is 1. The Kier molecular flexibility index (Phi) is 4.99. The van der Waals surface area contributed by atoms with Gasteiger partial charge in [-0.15, -0.1) is 0 Å². The van der Waals surface area contributed by atoms with Crippen molar-refractivity contribution in [2.24, 2.45) is 5.41 Å². The Morgan fingerprint density at radius 1 is 1.36 bits per heavy atom. The van der Waals surface area contributed by atoms with Crippen molar-refractivity contribution >= 4 is 23.2 Å². The molecule has 1 aromatic carbocycles. The van der Waals surface area contributed by atoms with Gasteiger partial charge in [-0.2, -0.15) is 0 Å². The third-order valence-electron chi connectivity index (χ3n) is 4.76. The molecule has 25 heavy (non-hydrogen) atoms. The fourth-order valence-electron chi connectivity index (χ4n) is 3.25. The monoisotopic (exact) mass is 346 g/mol. The van der Waals surface area contributed by atoms with Crippen LogP contribution in [0.3, 0.4) is 0 Å². The Bertz CT molecular complexity index is 665. The van der Waals surface area contributed by atoms with Crippen molar-refractivity contribution in [3.63, 3.8) is 0 Å². The summed E-state index contributed by atoms with van der Waals surface area (Å²) in [6.07, 6.45) is 3.46. The summed E-state index contributed by atoms with van der Waals surface area (Å²) in [7, 11) is 1.74. The summed E-state index contributed by atoms with van der Waals surface area (Å²) in [4.78, 5) is 26.4. The SMILES string of the molecule is CN1C(=O)C(C)(C)COc2ccc(NC(=O)CC3CCCCO3)cc21. The molecule has 3 rings (SSSR count). The van der Waals surface area contributed by atoms with E-state index < -0.39 is 5.41 Å². The lowest BCUT2D eigenvalue weighted by Gasteiger charge is -2.24. The highest BCUT2D eigenvalue weighted by Gasteiger charge is 2.36. The lowest BCUT2D eigenvalue weighted by molar-refractivity contribution is -0.127. The standard InChI is InChI=1S/C19H26N2O4/c1-19(2)12-25-16-8-7-13(10-15(16)21(3)18(19)23)20-17(22)11-14-6-4-5-9-24-14/h7-8,10,14H,4-6,9,11-12H2,1-3H3,(H,20,22). The second-order valence-corrected chi connectivity index (χ2v) is 7.46. The first-order valence-corrected chi connectivity index (χ1v) is 8.83. The molecule has 1 aromatic rings. The van der Waals surface area contributed by atoms with Gasteiger partial charge in [0, 0.05) is 19.3 Å². The quantitative estimate of drug-likeness (QED) is 0.914. The van der Waals surface area contributed by atoms with Crippen LogP contribution in [0.4, 0.5) is 11.4 Å². The highest BCUT2D eigenvalue weighted by Crippen LogP contribution is 2.37. The molecule has 1 saturated heterocycles. The topological polar surface area (TPSA) is 67.9 Å². The Morgan fingerprint density at radius 2 is 2.16 bits per heavy atom. The zero-order valence-corrected chi connectivity index (χ0v) is 15.1. The summed E-state index contributed by atoms with van der Waals surface area (Å²) in [6.45, 7) is 4.79. The van der Waals surface area contributed by atoms with E-state index in [0.29, 0.717) is 30.2 Å². The predicted molar refractivity (Wildman–Crippen MR) is 96.0 cm³/mol. The van der Waals surface area contributed by atoms with Crippen LogP contribution in [0.1, 0.15) is 39.5 Å². The van der Waals surface area contributed by atoms with Gasteiger partial charge in [0.2, 0.25) is 11.8 Å². The first-order valence-electron chi connectivity index (χ1n) is 8.83. The van der Waals surface area contributed by atoms with E-state index in [-0.39, 0.29) is 17.9 Å². The molecule has 0 aromatic heterocycles. The van der Waals surface area contributed by atoms with E-state index in [0.717, 1.165) is 25.9 Å². The van der Waals surface area contributed by atoms with E-state index in [1.165, 1.54) is 0 Å². The molecule has 2 aliphatic rings. The van der Waals surface area contributed by atoms with Gasteiger partial charge in [0.05, 0.1) is 23.6 Å². The van der Waals surface area contributed by atoms with Gasteiger partial charge in [0.15, 0.2) is 0 Å². The largest absolute Gasteiger partial charge is 0.490 e. The van der Waals surface area contributed by atoms with Gasteiger partial charge in [0.1, 0.15) is 12.4 Å². The molecule has 1 fully saturated rings. The Morgan fingerprint density at radius 3 is 2.88 bits per heavy atom. The summed E-state index contributed by atoms with van der Waals surface area (Å²) in [5.74, 6) is 0.566. The smallest absolute Gasteiger partial charge is 0.235 e. The Hall–Kier alpha value is -2.08.